The Hall–Kier alpha value is -3.33. The molecule has 152 valence electrons. The number of amides is 1. The van der Waals surface area contributed by atoms with Crippen LogP contribution in [0.15, 0.2) is 54.9 Å². The second-order valence-electron chi connectivity index (χ2n) is 7.23. The van der Waals surface area contributed by atoms with Gasteiger partial charge in [0.15, 0.2) is 5.13 Å². The Labute approximate surface area is 175 Å². The molecule has 1 amide bonds. The first kappa shape index (κ1) is 18.7. The van der Waals surface area contributed by atoms with E-state index in [9.17, 15) is 9.18 Å². The Kier molecular flexibility index (Phi) is 4.88. The molecule has 0 saturated heterocycles. The number of nitrogens with zero attached hydrogens (tertiary/aromatic N) is 4. The van der Waals surface area contributed by atoms with Crippen molar-refractivity contribution < 1.29 is 9.18 Å². The molecule has 2 heterocycles. The van der Waals surface area contributed by atoms with Crippen molar-refractivity contribution in [2.45, 2.75) is 31.3 Å². The van der Waals surface area contributed by atoms with Gasteiger partial charge in [-0.3, -0.25) is 4.79 Å². The van der Waals surface area contributed by atoms with Crippen LogP contribution in [0.25, 0.3) is 15.9 Å². The Bertz CT molecular complexity index is 1190. The van der Waals surface area contributed by atoms with Gasteiger partial charge in [-0.15, -0.1) is 0 Å². The maximum Gasteiger partial charge on any atom is 0.253 e. The largest absolute Gasteiger partial charge is 0.357 e. The number of halogens is 1. The van der Waals surface area contributed by atoms with Crippen molar-refractivity contribution in [3.8, 4) is 5.69 Å². The van der Waals surface area contributed by atoms with Gasteiger partial charge in [0.25, 0.3) is 5.91 Å². The van der Waals surface area contributed by atoms with E-state index in [-0.39, 0.29) is 23.8 Å². The van der Waals surface area contributed by atoms with Crippen molar-refractivity contribution in [1.82, 2.24) is 25.3 Å². The molecule has 2 aromatic carbocycles. The maximum atomic E-state index is 13.5. The van der Waals surface area contributed by atoms with E-state index in [0.29, 0.717) is 11.3 Å². The minimum Gasteiger partial charge on any atom is -0.357 e. The van der Waals surface area contributed by atoms with E-state index in [1.165, 1.54) is 28.3 Å². The number of nitrogens with one attached hydrogen (secondary N) is 2. The van der Waals surface area contributed by atoms with Crippen molar-refractivity contribution >= 4 is 32.6 Å². The van der Waals surface area contributed by atoms with Crippen LogP contribution in [-0.2, 0) is 0 Å². The lowest BCUT2D eigenvalue weighted by Gasteiger charge is -2.22. The van der Waals surface area contributed by atoms with Gasteiger partial charge in [-0.05, 0) is 49.6 Å². The summed E-state index contributed by atoms with van der Waals surface area (Å²) in [5.74, 6) is -0.429. The molecule has 30 heavy (non-hydrogen) atoms. The summed E-state index contributed by atoms with van der Waals surface area (Å²) < 4.78 is 14.3. The van der Waals surface area contributed by atoms with Crippen LogP contribution in [-0.4, -0.2) is 38.0 Å². The summed E-state index contributed by atoms with van der Waals surface area (Å²) in [6, 6.07) is 11.9. The van der Waals surface area contributed by atoms with Crippen LogP contribution < -0.4 is 10.6 Å². The Morgan fingerprint density at radius 1 is 1.10 bits per heavy atom. The first-order valence-corrected chi connectivity index (χ1v) is 10.6. The van der Waals surface area contributed by atoms with Crippen LogP contribution >= 0.6 is 11.3 Å². The SMILES string of the molecule is O=C(N[C@@H]1CCC[C@@H]1Nc1nc2ccc(F)cc2s1)c1ccccc1-n1nccn1. The number of carbonyl (C=O) groups is 1. The van der Waals surface area contributed by atoms with Gasteiger partial charge in [0.2, 0.25) is 0 Å². The molecule has 0 radical (unpaired) electrons. The van der Waals surface area contributed by atoms with Crippen molar-refractivity contribution in [1.29, 1.82) is 0 Å². The lowest BCUT2D eigenvalue weighted by Crippen LogP contribution is -2.43. The molecule has 9 heteroatoms. The van der Waals surface area contributed by atoms with E-state index in [0.717, 1.165) is 34.6 Å². The number of thiazole rings is 1. The van der Waals surface area contributed by atoms with E-state index >= 15 is 0 Å². The van der Waals surface area contributed by atoms with Gasteiger partial charge in [0.1, 0.15) is 5.82 Å². The summed E-state index contributed by atoms with van der Waals surface area (Å²) in [7, 11) is 0. The quantitative estimate of drug-likeness (QED) is 0.511. The van der Waals surface area contributed by atoms with Crippen molar-refractivity contribution in [3.63, 3.8) is 0 Å². The fourth-order valence-electron chi connectivity index (χ4n) is 3.85. The van der Waals surface area contributed by atoms with E-state index in [2.05, 4.69) is 25.8 Å². The molecule has 5 rings (SSSR count). The number of anilines is 1. The highest BCUT2D eigenvalue weighted by Crippen LogP contribution is 2.30. The fraction of sp³-hybridized carbons (Fsp3) is 0.238. The van der Waals surface area contributed by atoms with Crippen LogP contribution in [0.2, 0.25) is 0 Å². The maximum absolute atomic E-state index is 13.5. The number of carbonyl (C=O) groups excluding carboxylic acids is 1. The first-order valence-electron chi connectivity index (χ1n) is 9.76. The van der Waals surface area contributed by atoms with Crippen LogP contribution in [0.5, 0.6) is 0 Å². The molecule has 1 fully saturated rings. The van der Waals surface area contributed by atoms with Gasteiger partial charge >= 0.3 is 0 Å². The van der Waals surface area contributed by atoms with Crippen molar-refractivity contribution in [3.05, 3.63) is 66.2 Å². The Morgan fingerprint density at radius 2 is 1.90 bits per heavy atom. The summed E-state index contributed by atoms with van der Waals surface area (Å²) >= 11 is 1.42. The molecule has 1 aliphatic rings. The zero-order chi connectivity index (χ0) is 20.5. The summed E-state index contributed by atoms with van der Waals surface area (Å²) in [5, 5.41) is 15.6. The van der Waals surface area contributed by atoms with Crippen LogP contribution in [0.1, 0.15) is 29.6 Å². The molecule has 0 spiro atoms. The minimum absolute atomic E-state index is 0.0279. The molecule has 1 aliphatic carbocycles. The summed E-state index contributed by atoms with van der Waals surface area (Å²) in [5.41, 5.74) is 1.92. The lowest BCUT2D eigenvalue weighted by molar-refractivity contribution is 0.0935. The number of rotatable bonds is 5. The first-order chi connectivity index (χ1) is 14.7. The fourth-order valence-corrected chi connectivity index (χ4v) is 4.80. The molecule has 7 nitrogen and oxygen atoms in total. The Balaban J connectivity index is 1.33. The summed E-state index contributed by atoms with van der Waals surface area (Å²) in [6.07, 6.45) is 5.97. The predicted molar refractivity (Wildman–Crippen MR) is 113 cm³/mol. The standard InChI is InChI=1S/C21H19FN6OS/c22-13-8-9-17-19(12-13)30-21(27-17)26-16-6-3-5-15(16)25-20(29)14-4-1-2-7-18(14)28-23-10-11-24-28/h1-2,4,7-12,15-16H,3,5-6H2,(H,25,29)(H,26,27)/t15-,16+/m1/s1. The van der Waals surface area contributed by atoms with Gasteiger partial charge in [-0.25, -0.2) is 9.37 Å². The normalized spacial score (nSPS) is 18.6. The third kappa shape index (κ3) is 3.63. The van der Waals surface area contributed by atoms with Gasteiger partial charge in [-0.1, -0.05) is 23.5 Å². The van der Waals surface area contributed by atoms with E-state index in [1.807, 2.05) is 18.2 Å². The number of benzene rings is 2. The Morgan fingerprint density at radius 3 is 2.77 bits per heavy atom. The van der Waals surface area contributed by atoms with Crippen LogP contribution in [0.4, 0.5) is 9.52 Å². The second-order valence-corrected chi connectivity index (χ2v) is 8.26. The van der Waals surface area contributed by atoms with E-state index < -0.39 is 0 Å². The van der Waals surface area contributed by atoms with E-state index in [4.69, 9.17) is 0 Å². The highest BCUT2D eigenvalue weighted by molar-refractivity contribution is 7.22. The number of para-hydroxylation sites is 1. The van der Waals surface area contributed by atoms with Crippen LogP contribution in [0.3, 0.4) is 0 Å². The monoisotopic (exact) mass is 422 g/mol. The van der Waals surface area contributed by atoms with Crippen molar-refractivity contribution in [2.24, 2.45) is 0 Å². The highest BCUT2D eigenvalue weighted by Gasteiger charge is 2.30. The number of hydrogen-bond donors (Lipinski definition) is 2. The molecule has 4 aromatic rings. The molecule has 2 atom stereocenters. The van der Waals surface area contributed by atoms with Crippen LogP contribution in [0, 0.1) is 5.82 Å². The molecule has 1 saturated carbocycles. The zero-order valence-electron chi connectivity index (χ0n) is 16.0. The third-order valence-corrected chi connectivity index (χ3v) is 6.22. The third-order valence-electron chi connectivity index (χ3n) is 5.27. The average molecular weight is 422 g/mol. The highest BCUT2D eigenvalue weighted by atomic mass is 32.1. The number of aromatic nitrogens is 4. The topological polar surface area (TPSA) is 84.7 Å². The van der Waals surface area contributed by atoms with Gasteiger partial charge < -0.3 is 10.6 Å². The second kappa shape index (κ2) is 7.83. The van der Waals surface area contributed by atoms with Gasteiger partial charge in [-0.2, -0.15) is 15.0 Å². The number of hydrogen-bond acceptors (Lipinski definition) is 6. The van der Waals surface area contributed by atoms with E-state index in [1.54, 1.807) is 24.5 Å². The lowest BCUT2D eigenvalue weighted by atomic mass is 10.1. The number of fused-ring (bicyclic) bond motifs is 1. The van der Waals surface area contributed by atoms with Gasteiger partial charge in [0.05, 0.1) is 33.9 Å². The zero-order valence-corrected chi connectivity index (χ0v) is 16.8. The van der Waals surface area contributed by atoms with Gasteiger partial charge in [0, 0.05) is 12.1 Å². The molecule has 0 unspecified atom stereocenters. The summed E-state index contributed by atoms with van der Waals surface area (Å²) in [4.78, 5) is 19.0. The molecule has 2 aromatic heterocycles. The van der Waals surface area contributed by atoms with Crippen molar-refractivity contribution in [2.75, 3.05) is 5.32 Å². The molecule has 2 N–H and O–H groups in total. The summed E-state index contributed by atoms with van der Waals surface area (Å²) in [6.45, 7) is 0. The predicted octanol–water partition coefficient (Wildman–Crippen LogP) is 3.78. The molecular weight excluding hydrogens is 403 g/mol. The smallest absolute Gasteiger partial charge is 0.253 e. The minimum atomic E-state index is -0.269. The molecule has 0 aliphatic heterocycles. The average Bonchev–Trinajstić information content (AvgIpc) is 3.49. The molecular formula is C21H19FN6OS. The molecule has 0 bridgehead atoms.